The minimum atomic E-state index is 0.894. The van der Waals surface area contributed by atoms with Crippen molar-refractivity contribution >= 4 is 0 Å². The van der Waals surface area contributed by atoms with Crippen molar-refractivity contribution in [2.24, 2.45) is 0 Å². The Balaban J connectivity index is 2.58. The Morgan fingerprint density at radius 3 is 2.50 bits per heavy atom. The monoisotopic (exact) mass is 161 g/mol. The van der Waals surface area contributed by atoms with Crippen LogP contribution in [0.5, 0.6) is 5.75 Å². The molecule has 1 rings (SSSR count). The number of hydrogen-bond donors (Lipinski definition) is 0. The molecule has 0 bridgehead atoms. The second kappa shape index (κ2) is 4.60. The van der Waals surface area contributed by atoms with Crippen molar-refractivity contribution in [1.82, 2.24) is 0 Å². The summed E-state index contributed by atoms with van der Waals surface area (Å²) in [5, 5.41) is 0. The Labute approximate surface area is 73.7 Å². The van der Waals surface area contributed by atoms with Gasteiger partial charge in [0.1, 0.15) is 5.75 Å². The molecule has 63 valence electrons. The summed E-state index contributed by atoms with van der Waals surface area (Å²) in [6.07, 6.45) is 4.91. The SMILES string of the molecule is C=CC[CH]c1ccc(OC)cc1. The van der Waals surface area contributed by atoms with Crippen molar-refractivity contribution in [1.29, 1.82) is 0 Å². The van der Waals surface area contributed by atoms with Gasteiger partial charge < -0.3 is 4.74 Å². The third kappa shape index (κ3) is 2.42. The molecule has 0 aliphatic heterocycles. The fourth-order valence-electron chi connectivity index (χ4n) is 0.959. The largest absolute Gasteiger partial charge is 0.497 e. The lowest BCUT2D eigenvalue weighted by atomic mass is 10.1. The summed E-state index contributed by atoms with van der Waals surface area (Å²) < 4.78 is 5.04. The van der Waals surface area contributed by atoms with Crippen LogP contribution in [0.25, 0.3) is 0 Å². The maximum Gasteiger partial charge on any atom is 0.118 e. The molecule has 0 unspecified atom stereocenters. The van der Waals surface area contributed by atoms with Crippen LogP contribution < -0.4 is 4.74 Å². The fraction of sp³-hybridized carbons (Fsp3) is 0.182. The molecule has 1 aromatic carbocycles. The van der Waals surface area contributed by atoms with Crippen LogP contribution in [0.3, 0.4) is 0 Å². The molecule has 0 N–H and O–H groups in total. The van der Waals surface area contributed by atoms with Crippen molar-refractivity contribution in [2.75, 3.05) is 7.11 Å². The molecule has 1 radical (unpaired) electrons. The molecule has 0 fully saturated rings. The second-order valence-corrected chi connectivity index (χ2v) is 2.50. The van der Waals surface area contributed by atoms with Gasteiger partial charge in [0.15, 0.2) is 0 Å². The highest BCUT2D eigenvalue weighted by Gasteiger charge is 1.92. The van der Waals surface area contributed by atoms with E-state index in [1.54, 1.807) is 7.11 Å². The van der Waals surface area contributed by atoms with E-state index in [-0.39, 0.29) is 0 Å². The molecule has 0 aliphatic carbocycles. The first-order chi connectivity index (χ1) is 5.86. The normalized spacial score (nSPS) is 9.42. The Morgan fingerprint density at radius 2 is 2.00 bits per heavy atom. The van der Waals surface area contributed by atoms with Crippen LogP contribution >= 0.6 is 0 Å². The standard InChI is InChI=1S/C11H13O/c1-3-4-5-10-6-8-11(12-2)9-7-10/h3,5-9H,1,4H2,2H3. The first-order valence-electron chi connectivity index (χ1n) is 3.95. The molecule has 0 aromatic heterocycles. The van der Waals surface area contributed by atoms with E-state index in [0.29, 0.717) is 0 Å². The van der Waals surface area contributed by atoms with Crippen LogP contribution in [-0.2, 0) is 0 Å². The quantitative estimate of drug-likeness (QED) is 0.617. The molecule has 0 aliphatic rings. The van der Waals surface area contributed by atoms with Crippen LogP contribution in [0.2, 0.25) is 0 Å². The maximum absolute atomic E-state index is 5.04. The first-order valence-corrected chi connectivity index (χ1v) is 3.95. The van der Waals surface area contributed by atoms with Gasteiger partial charge in [-0.05, 0) is 30.5 Å². The summed E-state index contributed by atoms with van der Waals surface area (Å²) in [6, 6.07) is 7.97. The second-order valence-electron chi connectivity index (χ2n) is 2.50. The van der Waals surface area contributed by atoms with Crippen molar-refractivity contribution in [3.05, 3.63) is 48.9 Å². The number of benzene rings is 1. The molecular formula is C11H13O. The molecule has 0 atom stereocenters. The predicted molar refractivity (Wildman–Crippen MR) is 51.2 cm³/mol. The summed E-state index contributed by atoms with van der Waals surface area (Å²) in [4.78, 5) is 0. The molecule has 0 spiro atoms. The van der Waals surface area contributed by atoms with Crippen LogP contribution in [0, 0.1) is 6.42 Å². The third-order valence-corrected chi connectivity index (χ3v) is 1.64. The number of rotatable bonds is 4. The van der Waals surface area contributed by atoms with Gasteiger partial charge in [-0.3, -0.25) is 0 Å². The summed E-state index contributed by atoms with van der Waals surface area (Å²) in [5.41, 5.74) is 1.20. The molecule has 1 nitrogen and oxygen atoms in total. The maximum atomic E-state index is 5.04. The van der Waals surface area contributed by atoms with Gasteiger partial charge in [-0.2, -0.15) is 0 Å². The highest BCUT2D eigenvalue weighted by Crippen LogP contribution is 2.13. The Bertz CT molecular complexity index is 236. The van der Waals surface area contributed by atoms with Crippen LogP contribution in [0.15, 0.2) is 36.9 Å². The number of methoxy groups -OCH3 is 1. The number of allylic oxidation sites excluding steroid dienone is 1. The average molecular weight is 161 g/mol. The first kappa shape index (κ1) is 8.85. The van der Waals surface area contributed by atoms with Crippen molar-refractivity contribution in [3.63, 3.8) is 0 Å². The molecule has 0 saturated carbocycles. The van der Waals surface area contributed by atoms with Gasteiger partial charge in [-0.1, -0.05) is 18.2 Å². The predicted octanol–water partition coefficient (Wildman–Crippen LogP) is 2.82. The van der Waals surface area contributed by atoms with Gasteiger partial charge in [-0.25, -0.2) is 0 Å². The van der Waals surface area contributed by atoms with E-state index < -0.39 is 0 Å². The smallest absolute Gasteiger partial charge is 0.118 e. The Morgan fingerprint density at radius 1 is 1.33 bits per heavy atom. The lowest BCUT2D eigenvalue weighted by Gasteiger charge is -2.00. The third-order valence-electron chi connectivity index (χ3n) is 1.64. The van der Waals surface area contributed by atoms with Crippen LogP contribution in [0.4, 0.5) is 0 Å². The van der Waals surface area contributed by atoms with E-state index in [2.05, 4.69) is 13.0 Å². The van der Waals surface area contributed by atoms with Gasteiger partial charge >= 0.3 is 0 Å². The molecule has 12 heavy (non-hydrogen) atoms. The van der Waals surface area contributed by atoms with Gasteiger partial charge in [0.2, 0.25) is 0 Å². The molecular weight excluding hydrogens is 148 g/mol. The molecule has 0 saturated heterocycles. The van der Waals surface area contributed by atoms with Crippen molar-refractivity contribution in [3.8, 4) is 5.75 Å². The fourth-order valence-corrected chi connectivity index (χ4v) is 0.959. The minimum absolute atomic E-state index is 0.894. The summed E-state index contributed by atoms with van der Waals surface area (Å²) in [7, 11) is 1.67. The average Bonchev–Trinajstić information content (AvgIpc) is 2.15. The lowest BCUT2D eigenvalue weighted by molar-refractivity contribution is 0.414. The lowest BCUT2D eigenvalue weighted by Crippen LogP contribution is -1.83. The van der Waals surface area contributed by atoms with E-state index in [0.717, 1.165) is 12.2 Å². The highest BCUT2D eigenvalue weighted by atomic mass is 16.5. The zero-order chi connectivity index (χ0) is 8.81. The molecule has 1 heteroatoms. The zero-order valence-electron chi connectivity index (χ0n) is 7.29. The molecule has 1 aromatic rings. The van der Waals surface area contributed by atoms with Crippen LogP contribution in [-0.4, -0.2) is 7.11 Å². The van der Waals surface area contributed by atoms with E-state index in [1.807, 2.05) is 30.3 Å². The number of ether oxygens (including phenoxy) is 1. The molecule has 0 heterocycles. The Hall–Kier alpha value is -1.24. The van der Waals surface area contributed by atoms with Crippen molar-refractivity contribution < 1.29 is 4.74 Å². The van der Waals surface area contributed by atoms with Gasteiger partial charge in [0.05, 0.1) is 7.11 Å². The summed E-state index contributed by atoms with van der Waals surface area (Å²) >= 11 is 0. The van der Waals surface area contributed by atoms with Crippen LogP contribution in [0.1, 0.15) is 12.0 Å². The summed E-state index contributed by atoms with van der Waals surface area (Å²) in [5.74, 6) is 0.894. The van der Waals surface area contributed by atoms with Gasteiger partial charge in [0.25, 0.3) is 0 Å². The van der Waals surface area contributed by atoms with E-state index in [4.69, 9.17) is 4.74 Å². The van der Waals surface area contributed by atoms with Crippen molar-refractivity contribution in [2.45, 2.75) is 6.42 Å². The zero-order valence-corrected chi connectivity index (χ0v) is 7.29. The van der Waals surface area contributed by atoms with E-state index in [9.17, 15) is 0 Å². The van der Waals surface area contributed by atoms with Gasteiger partial charge in [-0.15, -0.1) is 6.58 Å². The summed E-state index contributed by atoms with van der Waals surface area (Å²) in [6.45, 7) is 3.65. The molecule has 0 amide bonds. The van der Waals surface area contributed by atoms with E-state index >= 15 is 0 Å². The van der Waals surface area contributed by atoms with Gasteiger partial charge in [0, 0.05) is 0 Å². The van der Waals surface area contributed by atoms with E-state index in [1.165, 1.54) is 5.56 Å². The topological polar surface area (TPSA) is 9.23 Å². The Kier molecular flexibility index (Phi) is 3.39. The highest BCUT2D eigenvalue weighted by molar-refractivity contribution is 5.31. The minimum Gasteiger partial charge on any atom is -0.497 e. The number of hydrogen-bond acceptors (Lipinski definition) is 1.